The minimum Gasteiger partial charge on any atom is -0.379 e. The third-order valence-corrected chi connectivity index (χ3v) is 3.69. The number of amides is 1. The molecule has 0 saturated carbocycles. The van der Waals surface area contributed by atoms with Crippen molar-refractivity contribution in [3.05, 3.63) is 17.7 Å². The fraction of sp³-hybridized carbons (Fsp3) is 0.667. The van der Waals surface area contributed by atoms with Gasteiger partial charge in [-0.05, 0) is 13.3 Å². The summed E-state index contributed by atoms with van der Waals surface area (Å²) in [6.45, 7) is 4.01. The number of ether oxygens (including phenoxy) is 1. The topological polar surface area (TPSA) is 79.0 Å². The maximum absolute atomic E-state index is 12.2. The molecule has 3 N–H and O–H groups in total. The van der Waals surface area contributed by atoms with Crippen LogP contribution in [0.3, 0.4) is 0 Å². The molecule has 2 atom stereocenters. The summed E-state index contributed by atoms with van der Waals surface area (Å²) in [4.78, 5) is 19.5. The molecule has 0 spiro atoms. The van der Waals surface area contributed by atoms with Crippen LogP contribution in [-0.2, 0) is 22.5 Å². The average molecular weight is 250 g/mol. The predicted molar refractivity (Wildman–Crippen MR) is 64.9 cm³/mol. The Morgan fingerprint density at radius 3 is 3.33 bits per heavy atom. The molecule has 0 radical (unpaired) electrons. The fourth-order valence-corrected chi connectivity index (χ4v) is 2.50. The maximum atomic E-state index is 12.2. The first kappa shape index (κ1) is 11.7. The second kappa shape index (κ2) is 4.37. The van der Waals surface area contributed by atoms with E-state index >= 15 is 0 Å². The molecule has 1 aromatic heterocycles. The van der Waals surface area contributed by atoms with Crippen LogP contribution in [0, 0.1) is 0 Å². The molecule has 3 rings (SSSR count). The number of aromatic nitrogens is 2. The molecule has 18 heavy (non-hydrogen) atoms. The summed E-state index contributed by atoms with van der Waals surface area (Å²) in [7, 11) is 0. The van der Waals surface area contributed by atoms with E-state index in [1.165, 1.54) is 0 Å². The van der Waals surface area contributed by atoms with Crippen LogP contribution in [0.2, 0.25) is 0 Å². The second-order valence-corrected chi connectivity index (χ2v) is 5.32. The van der Waals surface area contributed by atoms with Crippen molar-refractivity contribution >= 4 is 5.91 Å². The van der Waals surface area contributed by atoms with Crippen molar-refractivity contribution < 1.29 is 9.53 Å². The lowest BCUT2D eigenvalue weighted by Crippen LogP contribution is -2.55. The van der Waals surface area contributed by atoms with Gasteiger partial charge in [-0.2, -0.15) is 0 Å². The molecule has 98 valence electrons. The number of aromatic amines is 1. The van der Waals surface area contributed by atoms with Gasteiger partial charge in [-0.25, -0.2) is 4.98 Å². The maximum Gasteiger partial charge on any atom is 0.238 e. The number of hydrogen-bond donors (Lipinski definition) is 3. The lowest BCUT2D eigenvalue weighted by Gasteiger charge is -2.28. The molecule has 2 unspecified atom stereocenters. The van der Waals surface area contributed by atoms with Gasteiger partial charge in [0, 0.05) is 19.6 Å². The first-order valence-electron chi connectivity index (χ1n) is 6.31. The van der Waals surface area contributed by atoms with E-state index in [2.05, 4.69) is 20.6 Å². The van der Waals surface area contributed by atoms with Crippen LogP contribution in [0.4, 0.5) is 0 Å². The number of nitrogens with one attached hydrogen (secondary N) is 3. The first-order valence-corrected chi connectivity index (χ1v) is 6.31. The molecule has 0 aliphatic carbocycles. The Morgan fingerprint density at radius 1 is 1.67 bits per heavy atom. The lowest BCUT2D eigenvalue weighted by atomic mass is 9.99. The summed E-state index contributed by atoms with van der Waals surface area (Å²) in [5.74, 6) is 0.0386. The van der Waals surface area contributed by atoms with Gasteiger partial charge >= 0.3 is 0 Å². The number of carbonyl (C=O) groups excluding carboxylic acids is 1. The Morgan fingerprint density at radius 2 is 2.56 bits per heavy atom. The van der Waals surface area contributed by atoms with Crippen molar-refractivity contribution in [3.63, 3.8) is 0 Å². The minimum atomic E-state index is -0.218. The van der Waals surface area contributed by atoms with Crippen molar-refractivity contribution in [2.45, 2.75) is 37.9 Å². The Hall–Kier alpha value is -1.40. The zero-order chi connectivity index (χ0) is 12.6. The smallest absolute Gasteiger partial charge is 0.238 e. The minimum absolute atomic E-state index is 0.0386. The van der Waals surface area contributed by atoms with Crippen LogP contribution in [0.15, 0.2) is 6.33 Å². The number of nitrogens with zero attached hydrogens (tertiary/aromatic N) is 1. The Labute approximate surface area is 106 Å². The zero-order valence-electron chi connectivity index (χ0n) is 10.5. The van der Waals surface area contributed by atoms with E-state index in [0.717, 1.165) is 24.4 Å². The monoisotopic (exact) mass is 250 g/mol. The molecule has 0 bridgehead atoms. The molecular weight excluding hydrogens is 232 g/mol. The number of hydrogen-bond acceptors (Lipinski definition) is 4. The molecular formula is C12H18N4O2. The summed E-state index contributed by atoms with van der Waals surface area (Å²) < 4.78 is 5.34. The van der Waals surface area contributed by atoms with Gasteiger partial charge in [-0.15, -0.1) is 0 Å². The molecule has 1 aromatic rings. The van der Waals surface area contributed by atoms with E-state index < -0.39 is 0 Å². The van der Waals surface area contributed by atoms with E-state index in [-0.39, 0.29) is 17.5 Å². The number of fused-ring (bicyclic) bond motifs is 1. The lowest BCUT2D eigenvalue weighted by molar-refractivity contribution is -0.125. The van der Waals surface area contributed by atoms with Gasteiger partial charge < -0.3 is 15.0 Å². The average Bonchev–Trinajstić information content (AvgIpc) is 2.96. The van der Waals surface area contributed by atoms with Crippen molar-refractivity contribution in [2.24, 2.45) is 0 Å². The Bertz CT molecular complexity index is 451. The van der Waals surface area contributed by atoms with E-state index in [1.807, 2.05) is 6.92 Å². The number of H-pyrrole nitrogens is 1. The third-order valence-electron chi connectivity index (χ3n) is 3.69. The molecule has 2 aliphatic heterocycles. The van der Waals surface area contributed by atoms with Crippen molar-refractivity contribution in [3.8, 4) is 0 Å². The van der Waals surface area contributed by atoms with Gasteiger partial charge in [0.05, 0.1) is 35.9 Å². The van der Waals surface area contributed by atoms with Crippen molar-refractivity contribution in [2.75, 3.05) is 13.2 Å². The van der Waals surface area contributed by atoms with Crippen molar-refractivity contribution in [1.82, 2.24) is 20.6 Å². The summed E-state index contributed by atoms with van der Waals surface area (Å²) in [6.07, 6.45) is 3.19. The largest absolute Gasteiger partial charge is 0.379 e. The van der Waals surface area contributed by atoms with Crippen LogP contribution in [0.1, 0.15) is 24.7 Å². The summed E-state index contributed by atoms with van der Waals surface area (Å²) in [5.41, 5.74) is 1.85. The molecule has 6 heteroatoms. The van der Waals surface area contributed by atoms with Gasteiger partial charge in [0.25, 0.3) is 0 Å². The van der Waals surface area contributed by atoms with Gasteiger partial charge in [-0.1, -0.05) is 0 Å². The Kier molecular flexibility index (Phi) is 2.83. The highest BCUT2D eigenvalue weighted by atomic mass is 16.5. The van der Waals surface area contributed by atoms with E-state index in [9.17, 15) is 4.79 Å². The second-order valence-electron chi connectivity index (χ2n) is 5.32. The van der Waals surface area contributed by atoms with E-state index in [0.29, 0.717) is 19.6 Å². The molecule has 0 aromatic carbocycles. The predicted octanol–water partition coefficient (Wildman–Crippen LogP) is -0.281. The van der Waals surface area contributed by atoms with Crippen LogP contribution in [-0.4, -0.2) is 40.7 Å². The zero-order valence-corrected chi connectivity index (χ0v) is 10.5. The van der Waals surface area contributed by atoms with Crippen LogP contribution in [0.25, 0.3) is 0 Å². The van der Waals surface area contributed by atoms with Crippen molar-refractivity contribution in [1.29, 1.82) is 0 Å². The summed E-state index contributed by atoms with van der Waals surface area (Å²) >= 11 is 0. The molecule has 3 heterocycles. The summed E-state index contributed by atoms with van der Waals surface area (Å²) in [6, 6.07) is -0.196. The van der Waals surface area contributed by atoms with E-state index in [1.54, 1.807) is 6.33 Å². The van der Waals surface area contributed by atoms with Gasteiger partial charge in [0.1, 0.15) is 0 Å². The van der Waals surface area contributed by atoms with Gasteiger partial charge in [0.15, 0.2) is 0 Å². The highest BCUT2D eigenvalue weighted by Gasteiger charge is 2.34. The summed E-state index contributed by atoms with van der Waals surface area (Å²) in [5, 5.41) is 6.31. The Balaban J connectivity index is 1.64. The highest BCUT2D eigenvalue weighted by molar-refractivity contribution is 5.83. The van der Waals surface area contributed by atoms with Gasteiger partial charge in [-0.3, -0.25) is 10.1 Å². The van der Waals surface area contributed by atoms with Gasteiger partial charge in [0.2, 0.25) is 5.91 Å². The highest BCUT2D eigenvalue weighted by Crippen LogP contribution is 2.19. The third kappa shape index (κ3) is 2.13. The van der Waals surface area contributed by atoms with Crippen LogP contribution >= 0.6 is 0 Å². The quantitative estimate of drug-likeness (QED) is 0.674. The number of imidazole rings is 1. The normalized spacial score (nSPS) is 31.1. The molecule has 1 fully saturated rings. The molecule has 6 nitrogen and oxygen atoms in total. The first-order chi connectivity index (χ1) is 8.66. The van der Waals surface area contributed by atoms with Crippen LogP contribution in [0.5, 0.6) is 0 Å². The van der Waals surface area contributed by atoms with Crippen LogP contribution < -0.4 is 10.6 Å². The number of carbonyl (C=O) groups is 1. The molecule has 1 saturated heterocycles. The molecule has 2 aliphatic rings. The fourth-order valence-electron chi connectivity index (χ4n) is 2.50. The molecule has 1 amide bonds. The standard InChI is InChI=1S/C12H18N4O2/c1-12(2-3-18-6-12)16-11(17)9-4-8-10(5-13-9)15-7-14-8/h7,9,13H,2-6H2,1H3,(H,14,15)(H,16,17). The SMILES string of the molecule is CC1(NC(=O)C2Cc3nc[nH]c3CN2)CCOC1. The van der Waals surface area contributed by atoms with E-state index in [4.69, 9.17) is 4.74 Å². The number of rotatable bonds is 2.